The normalized spacial score (nSPS) is 11.6. The number of anilines is 1. The minimum Gasteiger partial charge on any atom is -0.469 e. The Balaban J connectivity index is 1.73. The second kappa shape index (κ2) is 12.1. The molecule has 39 heavy (non-hydrogen) atoms. The van der Waals surface area contributed by atoms with Crippen molar-refractivity contribution in [2.45, 2.75) is 39.7 Å². The summed E-state index contributed by atoms with van der Waals surface area (Å²) in [6.45, 7) is 5.33. The maximum absolute atomic E-state index is 12.9. The zero-order chi connectivity index (χ0) is 28.7. The fourth-order valence-electron chi connectivity index (χ4n) is 3.29. The zero-order valence-corrected chi connectivity index (χ0v) is 22.2. The molecule has 2 heterocycles. The summed E-state index contributed by atoms with van der Waals surface area (Å²) in [6, 6.07) is 9.38. The van der Waals surface area contributed by atoms with Gasteiger partial charge in [-0.1, -0.05) is 20.8 Å². The number of hydrogen-bond donors (Lipinski definition) is 3. The van der Waals surface area contributed by atoms with E-state index in [1.54, 1.807) is 32.9 Å². The molecular formula is C27H29N5O7. The molecule has 3 aromatic rings. The summed E-state index contributed by atoms with van der Waals surface area (Å²) in [5.41, 5.74) is 0.0531. The number of aromatic amines is 1. The van der Waals surface area contributed by atoms with Crippen molar-refractivity contribution in [1.82, 2.24) is 19.9 Å². The van der Waals surface area contributed by atoms with Crippen LogP contribution in [0.3, 0.4) is 0 Å². The monoisotopic (exact) mass is 535 g/mol. The number of methoxy groups -OCH3 is 2. The van der Waals surface area contributed by atoms with Crippen molar-refractivity contribution in [2.24, 2.45) is 5.41 Å². The number of nitrogens with one attached hydrogen (secondary N) is 3. The van der Waals surface area contributed by atoms with Crippen LogP contribution in [0.2, 0.25) is 0 Å². The molecule has 0 unspecified atom stereocenters. The molecular weight excluding hydrogens is 506 g/mol. The molecule has 2 aromatic heterocycles. The third kappa shape index (κ3) is 7.32. The predicted octanol–water partition coefficient (Wildman–Crippen LogP) is 1.79. The lowest BCUT2D eigenvalue weighted by molar-refractivity contribution is -0.144. The Morgan fingerprint density at radius 2 is 1.79 bits per heavy atom. The number of nitrogens with zero attached hydrogens (tertiary/aromatic N) is 2. The SMILES string of the molecule is COC(=O)CC[C@H](NC(=O)c1ccc(C#Cn2cnc3[nH]c(NC(=O)C(C)(C)C)cc3c2=O)cc1)C(=O)OC. The van der Waals surface area contributed by atoms with Crippen LogP contribution in [-0.4, -0.2) is 58.5 Å². The lowest BCUT2D eigenvalue weighted by Gasteiger charge is -2.16. The van der Waals surface area contributed by atoms with Crippen LogP contribution in [0, 0.1) is 17.4 Å². The number of fused-ring (bicyclic) bond motifs is 1. The highest BCUT2D eigenvalue weighted by atomic mass is 16.5. The summed E-state index contributed by atoms with van der Waals surface area (Å²) in [7, 11) is 2.42. The van der Waals surface area contributed by atoms with Crippen molar-refractivity contribution in [3.05, 3.63) is 58.1 Å². The maximum atomic E-state index is 12.9. The molecule has 0 aliphatic heterocycles. The molecule has 0 aliphatic rings. The Labute approximate surface area is 224 Å². The Bertz CT molecular complexity index is 1520. The van der Waals surface area contributed by atoms with E-state index >= 15 is 0 Å². The second-order valence-electron chi connectivity index (χ2n) is 9.55. The van der Waals surface area contributed by atoms with Crippen LogP contribution in [0.4, 0.5) is 5.82 Å². The van der Waals surface area contributed by atoms with Gasteiger partial charge in [0.05, 0.1) is 19.6 Å². The van der Waals surface area contributed by atoms with E-state index in [2.05, 4.69) is 37.3 Å². The number of aromatic nitrogens is 3. The van der Waals surface area contributed by atoms with Crippen LogP contribution in [0.1, 0.15) is 49.5 Å². The van der Waals surface area contributed by atoms with Gasteiger partial charge in [0.2, 0.25) is 5.91 Å². The van der Waals surface area contributed by atoms with E-state index in [0.29, 0.717) is 17.0 Å². The first-order valence-electron chi connectivity index (χ1n) is 11.9. The lowest BCUT2D eigenvalue weighted by Crippen LogP contribution is -2.41. The van der Waals surface area contributed by atoms with E-state index in [9.17, 15) is 24.0 Å². The van der Waals surface area contributed by atoms with Crippen LogP contribution in [0.5, 0.6) is 0 Å². The minimum absolute atomic E-state index is 0.0212. The number of ether oxygens (including phenoxy) is 2. The van der Waals surface area contributed by atoms with Crippen LogP contribution < -0.4 is 16.2 Å². The number of benzene rings is 1. The van der Waals surface area contributed by atoms with Crippen LogP contribution >= 0.6 is 0 Å². The van der Waals surface area contributed by atoms with E-state index < -0.39 is 34.9 Å². The van der Waals surface area contributed by atoms with Crippen molar-refractivity contribution < 1.29 is 28.7 Å². The first-order valence-corrected chi connectivity index (χ1v) is 11.9. The van der Waals surface area contributed by atoms with Gasteiger partial charge in [-0.15, -0.1) is 0 Å². The van der Waals surface area contributed by atoms with Gasteiger partial charge in [-0.05, 0) is 42.7 Å². The van der Waals surface area contributed by atoms with Gasteiger partial charge in [0.1, 0.15) is 23.8 Å². The summed E-state index contributed by atoms with van der Waals surface area (Å²) < 4.78 is 10.4. The van der Waals surface area contributed by atoms with Crippen LogP contribution in [0.25, 0.3) is 11.0 Å². The Kier molecular flexibility index (Phi) is 8.88. The molecule has 0 aliphatic carbocycles. The smallest absolute Gasteiger partial charge is 0.328 e. The number of rotatable bonds is 7. The highest BCUT2D eigenvalue weighted by Gasteiger charge is 2.24. The van der Waals surface area contributed by atoms with Crippen molar-refractivity contribution in [2.75, 3.05) is 19.5 Å². The summed E-state index contributed by atoms with van der Waals surface area (Å²) in [4.78, 5) is 68.2. The summed E-state index contributed by atoms with van der Waals surface area (Å²) in [5, 5.41) is 5.53. The predicted molar refractivity (Wildman–Crippen MR) is 142 cm³/mol. The highest BCUT2D eigenvalue weighted by Crippen LogP contribution is 2.19. The molecule has 0 saturated heterocycles. The number of amides is 2. The maximum Gasteiger partial charge on any atom is 0.328 e. The Morgan fingerprint density at radius 3 is 2.41 bits per heavy atom. The van der Waals surface area contributed by atoms with E-state index in [0.717, 1.165) is 4.57 Å². The Hall–Kier alpha value is -4.92. The van der Waals surface area contributed by atoms with Gasteiger partial charge in [0.25, 0.3) is 11.5 Å². The van der Waals surface area contributed by atoms with E-state index in [4.69, 9.17) is 4.74 Å². The molecule has 0 fully saturated rings. The molecule has 2 amide bonds. The van der Waals surface area contributed by atoms with Gasteiger partial charge < -0.3 is 25.1 Å². The van der Waals surface area contributed by atoms with Crippen molar-refractivity contribution in [3.8, 4) is 12.0 Å². The van der Waals surface area contributed by atoms with Crippen molar-refractivity contribution in [1.29, 1.82) is 0 Å². The number of carbonyl (C=O) groups is 4. The largest absolute Gasteiger partial charge is 0.469 e. The van der Waals surface area contributed by atoms with Gasteiger partial charge in [-0.25, -0.2) is 14.3 Å². The fraction of sp³-hybridized carbons (Fsp3) is 0.333. The van der Waals surface area contributed by atoms with Gasteiger partial charge in [-0.3, -0.25) is 19.2 Å². The van der Waals surface area contributed by atoms with E-state index in [1.807, 2.05) is 0 Å². The molecule has 12 heteroatoms. The van der Waals surface area contributed by atoms with Crippen LogP contribution in [0.15, 0.2) is 41.5 Å². The van der Waals surface area contributed by atoms with Crippen molar-refractivity contribution in [3.63, 3.8) is 0 Å². The fourth-order valence-corrected chi connectivity index (χ4v) is 3.29. The molecule has 3 rings (SSSR count). The van der Waals surface area contributed by atoms with Crippen LogP contribution in [-0.2, 0) is 23.9 Å². The number of hydrogen-bond acceptors (Lipinski definition) is 8. The number of carbonyl (C=O) groups excluding carboxylic acids is 4. The lowest BCUT2D eigenvalue weighted by atomic mass is 9.96. The molecule has 1 aromatic carbocycles. The molecule has 0 bridgehead atoms. The molecule has 0 spiro atoms. The summed E-state index contributed by atoms with van der Waals surface area (Å²) in [5.74, 6) is 1.24. The average molecular weight is 536 g/mol. The Morgan fingerprint density at radius 1 is 1.10 bits per heavy atom. The topological polar surface area (TPSA) is 161 Å². The summed E-state index contributed by atoms with van der Waals surface area (Å²) in [6.07, 6.45) is 1.22. The highest BCUT2D eigenvalue weighted by molar-refractivity contribution is 5.97. The second-order valence-corrected chi connectivity index (χ2v) is 9.55. The van der Waals surface area contributed by atoms with Gasteiger partial charge in [-0.2, -0.15) is 0 Å². The van der Waals surface area contributed by atoms with E-state index in [-0.39, 0.29) is 29.7 Å². The molecule has 3 N–H and O–H groups in total. The first-order chi connectivity index (χ1) is 18.4. The molecule has 0 radical (unpaired) electrons. The standard InChI is InChI=1S/C27H29N5O7/c1-27(2,3)26(37)31-20-14-18-22(30-20)28-15-32(24(18)35)13-12-16-6-8-17(9-7-16)23(34)29-19(25(36)39-5)10-11-21(33)38-4/h6-9,14-15,19,30H,10-11H2,1-5H3,(H,29,34)(H,31,37)/t19-/m0/s1. The minimum atomic E-state index is -1.02. The number of esters is 2. The average Bonchev–Trinajstić information content (AvgIpc) is 3.33. The molecule has 1 atom stereocenters. The quantitative estimate of drug-likeness (QED) is 0.305. The third-order valence-electron chi connectivity index (χ3n) is 5.60. The summed E-state index contributed by atoms with van der Waals surface area (Å²) >= 11 is 0. The molecule has 0 saturated carbocycles. The van der Waals surface area contributed by atoms with Gasteiger partial charge in [0, 0.05) is 29.0 Å². The van der Waals surface area contributed by atoms with E-state index in [1.165, 1.54) is 38.7 Å². The third-order valence-corrected chi connectivity index (χ3v) is 5.60. The van der Waals surface area contributed by atoms with Gasteiger partial charge in [0.15, 0.2) is 0 Å². The van der Waals surface area contributed by atoms with Crippen molar-refractivity contribution >= 4 is 40.6 Å². The number of H-pyrrole nitrogens is 1. The first kappa shape index (κ1) is 28.6. The van der Waals surface area contributed by atoms with Gasteiger partial charge >= 0.3 is 11.9 Å². The zero-order valence-electron chi connectivity index (χ0n) is 22.2. The molecule has 12 nitrogen and oxygen atoms in total. The molecule has 204 valence electrons.